The molecule has 0 aliphatic heterocycles. The van der Waals surface area contributed by atoms with Gasteiger partial charge in [0.1, 0.15) is 6.54 Å². The fourth-order valence-corrected chi connectivity index (χ4v) is 3.78. The zero-order chi connectivity index (χ0) is 20.1. The predicted molar refractivity (Wildman–Crippen MR) is 109 cm³/mol. The monoisotopic (exact) mass is 385 g/mol. The van der Waals surface area contributed by atoms with Crippen LogP contribution in [0, 0.1) is 6.92 Å². The van der Waals surface area contributed by atoms with Gasteiger partial charge in [0, 0.05) is 18.8 Å². The van der Waals surface area contributed by atoms with E-state index in [1.807, 2.05) is 56.1 Å². The van der Waals surface area contributed by atoms with Crippen molar-refractivity contribution in [2.45, 2.75) is 71.7 Å². The summed E-state index contributed by atoms with van der Waals surface area (Å²) >= 11 is 0. The number of benzene rings is 1. The topological polar surface area (TPSA) is 56.6 Å². The van der Waals surface area contributed by atoms with Crippen LogP contribution in [0.25, 0.3) is 0 Å². The molecule has 0 atom stereocenters. The fourth-order valence-electron chi connectivity index (χ4n) is 3.78. The smallest absolute Gasteiger partial charge is 0.244 e. The van der Waals surface area contributed by atoms with E-state index in [9.17, 15) is 4.79 Å². The molecule has 2 aromatic rings. The summed E-state index contributed by atoms with van der Waals surface area (Å²) in [6.07, 6.45) is 6.41. The molecular formula is C22H31N3O3. The molecule has 1 aromatic heterocycles. The Morgan fingerprint density at radius 2 is 2.00 bits per heavy atom. The summed E-state index contributed by atoms with van der Waals surface area (Å²) in [4.78, 5) is 15.1. The maximum atomic E-state index is 13.1. The first-order chi connectivity index (χ1) is 13.5. The van der Waals surface area contributed by atoms with Gasteiger partial charge in [-0.25, -0.2) is 0 Å². The maximum Gasteiger partial charge on any atom is 0.244 e. The van der Waals surface area contributed by atoms with Crippen molar-refractivity contribution in [1.29, 1.82) is 0 Å². The van der Waals surface area contributed by atoms with E-state index < -0.39 is 0 Å². The molecule has 0 N–H and O–H groups in total. The summed E-state index contributed by atoms with van der Waals surface area (Å²) in [5.41, 5.74) is 1.97. The number of rotatable bonds is 8. The van der Waals surface area contributed by atoms with Crippen LogP contribution in [0.4, 0.5) is 0 Å². The third-order valence-corrected chi connectivity index (χ3v) is 5.10. The van der Waals surface area contributed by atoms with E-state index in [-0.39, 0.29) is 18.6 Å². The molecule has 1 heterocycles. The van der Waals surface area contributed by atoms with E-state index in [1.54, 1.807) is 11.8 Å². The van der Waals surface area contributed by atoms with Crippen molar-refractivity contribution < 1.29 is 14.3 Å². The highest BCUT2D eigenvalue weighted by Crippen LogP contribution is 2.31. The number of aromatic nitrogens is 2. The highest BCUT2D eigenvalue weighted by Gasteiger charge is 2.27. The molecule has 3 rings (SSSR count). The van der Waals surface area contributed by atoms with Crippen LogP contribution in [-0.4, -0.2) is 39.8 Å². The lowest BCUT2D eigenvalue weighted by Gasteiger charge is -2.29. The molecule has 0 radical (unpaired) electrons. The molecule has 1 aliphatic rings. The molecule has 6 heteroatoms. The van der Waals surface area contributed by atoms with Crippen LogP contribution in [0.1, 0.15) is 50.8 Å². The molecule has 1 fully saturated rings. The Balaban J connectivity index is 1.80. The lowest BCUT2D eigenvalue weighted by molar-refractivity contribution is -0.135. The van der Waals surface area contributed by atoms with Crippen molar-refractivity contribution in [2.75, 3.05) is 7.11 Å². The summed E-state index contributed by atoms with van der Waals surface area (Å²) < 4.78 is 13.0. The van der Waals surface area contributed by atoms with Gasteiger partial charge in [0.15, 0.2) is 11.5 Å². The second-order valence-electron chi connectivity index (χ2n) is 7.77. The van der Waals surface area contributed by atoms with Crippen molar-refractivity contribution in [2.24, 2.45) is 0 Å². The van der Waals surface area contributed by atoms with Crippen LogP contribution < -0.4 is 9.47 Å². The van der Waals surface area contributed by atoms with Crippen molar-refractivity contribution in [3.63, 3.8) is 0 Å². The van der Waals surface area contributed by atoms with E-state index >= 15 is 0 Å². The molecule has 6 nitrogen and oxygen atoms in total. The third-order valence-electron chi connectivity index (χ3n) is 5.10. The van der Waals surface area contributed by atoms with E-state index in [2.05, 4.69) is 5.10 Å². The first-order valence-corrected chi connectivity index (χ1v) is 10.1. The Morgan fingerprint density at radius 3 is 2.61 bits per heavy atom. The predicted octanol–water partition coefficient (Wildman–Crippen LogP) is 3.96. The van der Waals surface area contributed by atoms with Gasteiger partial charge in [-0.1, -0.05) is 18.9 Å². The van der Waals surface area contributed by atoms with Crippen molar-refractivity contribution in [3.05, 3.63) is 41.7 Å². The Morgan fingerprint density at radius 1 is 1.25 bits per heavy atom. The Bertz CT molecular complexity index is 794. The maximum absolute atomic E-state index is 13.1. The number of carbonyl (C=O) groups excluding carboxylic acids is 1. The molecule has 1 amide bonds. The first-order valence-electron chi connectivity index (χ1n) is 10.1. The molecule has 28 heavy (non-hydrogen) atoms. The first kappa shape index (κ1) is 20.2. The van der Waals surface area contributed by atoms with E-state index in [4.69, 9.17) is 9.47 Å². The number of amides is 1. The summed E-state index contributed by atoms with van der Waals surface area (Å²) in [5, 5.41) is 4.37. The SMILES string of the molecule is COc1ccc(CN(C(=O)Cn2ccc(C)n2)C2CCCC2)cc1OC(C)C. The zero-order valence-electron chi connectivity index (χ0n) is 17.4. The minimum atomic E-state index is 0.0553. The fraction of sp³-hybridized carbons (Fsp3) is 0.545. The molecule has 1 aliphatic carbocycles. The molecule has 0 unspecified atom stereocenters. The zero-order valence-corrected chi connectivity index (χ0v) is 17.4. The summed E-state index contributed by atoms with van der Waals surface area (Å²) in [5.74, 6) is 1.54. The van der Waals surface area contributed by atoms with Crippen LogP contribution in [0.3, 0.4) is 0 Å². The highest BCUT2D eigenvalue weighted by molar-refractivity contribution is 5.76. The second-order valence-corrected chi connectivity index (χ2v) is 7.77. The minimum Gasteiger partial charge on any atom is -0.493 e. The lowest BCUT2D eigenvalue weighted by atomic mass is 10.1. The molecule has 0 bridgehead atoms. The Kier molecular flexibility index (Phi) is 6.60. The van der Waals surface area contributed by atoms with E-state index in [0.29, 0.717) is 18.3 Å². The van der Waals surface area contributed by atoms with Gasteiger partial charge in [-0.2, -0.15) is 5.10 Å². The standard InChI is InChI=1S/C22H31N3O3/c1-16(2)28-21-13-18(9-10-20(21)27-4)14-25(19-7-5-6-8-19)22(26)15-24-12-11-17(3)23-24/h9-13,16,19H,5-8,14-15H2,1-4H3. The van der Waals surface area contributed by atoms with Gasteiger partial charge in [-0.05, 0) is 57.4 Å². The molecule has 1 saturated carbocycles. The van der Waals surface area contributed by atoms with Gasteiger partial charge in [0.05, 0.1) is 18.9 Å². The van der Waals surface area contributed by atoms with Crippen LogP contribution >= 0.6 is 0 Å². The number of ether oxygens (including phenoxy) is 2. The molecular weight excluding hydrogens is 354 g/mol. The number of hydrogen-bond donors (Lipinski definition) is 0. The van der Waals surface area contributed by atoms with Crippen LogP contribution in [0.5, 0.6) is 11.5 Å². The minimum absolute atomic E-state index is 0.0553. The van der Waals surface area contributed by atoms with Gasteiger partial charge in [-0.15, -0.1) is 0 Å². The lowest BCUT2D eigenvalue weighted by Crippen LogP contribution is -2.40. The molecule has 1 aromatic carbocycles. The average Bonchev–Trinajstić information content (AvgIpc) is 3.31. The molecule has 0 spiro atoms. The van der Waals surface area contributed by atoms with Crippen LogP contribution in [0.2, 0.25) is 0 Å². The van der Waals surface area contributed by atoms with Gasteiger partial charge in [-0.3, -0.25) is 9.48 Å². The van der Waals surface area contributed by atoms with E-state index in [0.717, 1.165) is 29.8 Å². The van der Waals surface area contributed by atoms with Crippen molar-refractivity contribution >= 4 is 5.91 Å². The van der Waals surface area contributed by atoms with Crippen molar-refractivity contribution in [1.82, 2.24) is 14.7 Å². The molecule has 152 valence electrons. The Hall–Kier alpha value is -2.50. The molecule has 0 saturated heterocycles. The second kappa shape index (κ2) is 9.13. The highest BCUT2D eigenvalue weighted by atomic mass is 16.5. The van der Waals surface area contributed by atoms with Crippen molar-refractivity contribution in [3.8, 4) is 11.5 Å². The summed E-state index contributed by atoms with van der Waals surface area (Å²) in [7, 11) is 1.64. The van der Waals surface area contributed by atoms with Gasteiger partial charge in [0.25, 0.3) is 0 Å². The third kappa shape index (κ3) is 5.06. The number of aryl methyl sites for hydroxylation is 1. The quantitative estimate of drug-likeness (QED) is 0.690. The number of methoxy groups -OCH3 is 1. The van der Waals surface area contributed by atoms with E-state index in [1.165, 1.54) is 12.8 Å². The van der Waals surface area contributed by atoms with Crippen LogP contribution in [-0.2, 0) is 17.9 Å². The van der Waals surface area contributed by atoms with Gasteiger partial charge >= 0.3 is 0 Å². The number of hydrogen-bond acceptors (Lipinski definition) is 4. The van der Waals surface area contributed by atoms with Gasteiger partial charge in [0.2, 0.25) is 5.91 Å². The Labute approximate surface area is 167 Å². The van der Waals surface area contributed by atoms with Crippen LogP contribution in [0.15, 0.2) is 30.5 Å². The average molecular weight is 386 g/mol. The van der Waals surface area contributed by atoms with Gasteiger partial charge < -0.3 is 14.4 Å². The normalized spacial score (nSPS) is 14.5. The summed E-state index contributed by atoms with van der Waals surface area (Å²) in [6, 6.07) is 8.14. The number of nitrogens with zero attached hydrogens (tertiary/aromatic N) is 3. The largest absolute Gasteiger partial charge is 0.493 e. The number of carbonyl (C=O) groups is 1. The summed E-state index contributed by atoms with van der Waals surface area (Å²) in [6.45, 7) is 6.76.